The van der Waals surface area contributed by atoms with Crippen LogP contribution in [0.2, 0.25) is 5.15 Å². The Bertz CT molecular complexity index is 741. The maximum Gasteiger partial charge on any atom is 0.129 e. The van der Waals surface area contributed by atoms with Crippen LogP contribution in [0, 0.1) is 0 Å². The predicted octanol–water partition coefficient (Wildman–Crippen LogP) is 2.80. The molecule has 0 atom stereocenters. The number of aromatic nitrogens is 3. The van der Waals surface area contributed by atoms with E-state index in [1.165, 1.54) is 16.5 Å². The average molecular weight is 289 g/mol. The van der Waals surface area contributed by atoms with E-state index >= 15 is 0 Å². The van der Waals surface area contributed by atoms with Gasteiger partial charge in [-0.3, -0.25) is 0 Å². The minimum Gasteiger partial charge on any atom is -0.340 e. The second kappa shape index (κ2) is 5.31. The SMILES string of the molecule is CNCc1ccc2c(ccn2Cc2ncc(Cl)n2C)c1. The lowest BCUT2D eigenvalue weighted by molar-refractivity contribution is 0.718. The molecule has 104 valence electrons. The first-order chi connectivity index (χ1) is 9.69. The van der Waals surface area contributed by atoms with Crippen molar-refractivity contribution in [2.24, 2.45) is 7.05 Å². The van der Waals surface area contributed by atoms with Gasteiger partial charge in [0.2, 0.25) is 0 Å². The molecular weight excluding hydrogens is 272 g/mol. The molecule has 0 radical (unpaired) electrons. The topological polar surface area (TPSA) is 34.8 Å². The molecule has 0 saturated carbocycles. The van der Waals surface area contributed by atoms with E-state index in [2.05, 4.69) is 45.3 Å². The fourth-order valence-electron chi connectivity index (χ4n) is 2.43. The molecule has 0 bridgehead atoms. The van der Waals surface area contributed by atoms with Gasteiger partial charge in [0.15, 0.2) is 0 Å². The molecule has 0 saturated heterocycles. The summed E-state index contributed by atoms with van der Waals surface area (Å²) in [5.41, 5.74) is 2.50. The molecule has 2 aromatic heterocycles. The van der Waals surface area contributed by atoms with Gasteiger partial charge in [-0.25, -0.2) is 4.98 Å². The summed E-state index contributed by atoms with van der Waals surface area (Å²) in [5, 5.41) is 5.08. The first-order valence-corrected chi connectivity index (χ1v) is 6.95. The molecule has 1 N–H and O–H groups in total. The van der Waals surface area contributed by atoms with Crippen molar-refractivity contribution in [3.63, 3.8) is 0 Å². The summed E-state index contributed by atoms with van der Waals surface area (Å²) < 4.78 is 4.10. The van der Waals surface area contributed by atoms with Gasteiger partial charge in [0, 0.05) is 25.3 Å². The molecule has 5 heteroatoms. The Balaban J connectivity index is 1.94. The first kappa shape index (κ1) is 13.2. The van der Waals surface area contributed by atoms with Gasteiger partial charge < -0.3 is 14.5 Å². The van der Waals surface area contributed by atoms with Gasteiger partial charge in [0.05, 0.1) is 12.7 Å². The van der Waals surface area contributed by atoms with Crippen LogP contribution < -0.4 is 5.32 Å². The Labute approximate surface area is 123 Å². The molecule has 0 spiro atoms. The summed E-state index contributed by atoms with van der Waals surface area (Å²) in [6.45, 7) is 1.61. The van der Waals surface area contributed by atoms with Gasteiger partial charge in [-0.05, 0) is 36.2 Å². The molecule has 0 aliphatic rings. The average Bonchev–Trinajstić information content (AvgIpc) is 2.98. The highest BCUT2D eigenvalue weighted by molar-refractivity contribution is 6.29. The largest absolute Gasteiger partial charge is 0.340 e. The van der Waals surface area contributed by atoms with Crippen LogP contribution in [0.3, 0.4) is 0 Å². The maximum atomic E-state index is 6.03. The van der Waals surface area contributed by atoms with Crippen LogP contribution in [-0.4, -0.2) is 21.2 Å². The summed E-state index contributed by atoms with van der Waals surface area (Å²) in [5.74, 6) is 0.951. The highest BCUT2D eigenvalue weighted by Gasteiger charge is 2.07. The highest BCUT2D eigenvalue weighted by Crippen LogP contribution is 2.19. The number of hydrogen-bond donors (Lipinski definition) is 1. The lowest BCUT2D eigenvalue weighted by atomic mass is 10.1. The highest BCUT2D eigenvalue weighted by atomic mass is 35.5. The number of imidazole rings is 1. The second-order valence-corrected chi connectivity index (χ2v) is 5.31. The fraction of sp³-hybridized carbons (Fsp3) is 0.267. The summed E-state index contributed by atoms with van der Waals surface area (Å²) >= 11 is 6.03. The summed E-state index contributed by atoms with van der Waals surface area (Å²) in [4.78, 5) is 4.34. The Morgan fingerprint density at radius 2 is 2.15 bits per heavy atom. The Morgan fingerprint density at radius 1 is 1.30 bits per heavy atom. The second-order valence-electron chi connectivity index (χ2n) is 4.92. The van der Waals surface area contributed by atoms with Crippen molar-refractivity contribution in [1.29, 1.82) is 0 Å². The third-order valence-corrected chi connectivity index (χ3v) is 3.91. The zero-order valence-corrected chi connectivity index (χ0v) is 12.4. The molecule has 3 rings (SSSR count). The zero-order chi connectivity index (χ0) is 14.1. The van der Waals surface area contributed by atoms with E-state index in [0.717, 1.165) is 18.9 Å². The van der Waals surface area contributed by atoms with Crippen molar-refractivity contribution in [2.75, 3.05) is 7.05 Å². The van der Waals surface area contributed by atoms with Crippen molar-refractivity contribution in [1.82, 2.24) is 19.4 Å². The molecular formula is C15H17ClN4. The van der Waals surface area contributed by atoms with Crippen LogP contribution in [0.5, 0.6) is 0 Å². The molecule has 0 aliphatic carbocycles. The molecule has 3 aromatic rings. The van der Waals surface area contributed by atoms with Crippen molar-refractivity contribution >= 4 is 22.5 Å². The van der Waals surface area contributed by atoms with Crippen molar-refractivity contribution in [3.8, 4) is 0 Å². The van der Waals surface area contributed by atoms with Gasteiger partial charge >= 0.3 is 0 Å². The Kier molecular flexibility index (Phi) is 3.51. The van der Waals surface area contributed by atoms with Crippen LogP contribution in [0.25, 0.3) is 10.9 Å². The molecule has 0 unspecified atom stereocenters. The van der Waals surface area contributed by atoms with E-state index in [1.807, 2.05) is 18.7 Å². The molecule has 0 amide bonds. The van der Waals surface area contributed by atoms with E-state index in [4.69, 9.17) is 11.6 Å². The van der Waals surface area contributed by atoms with Crippen LogP contribution in [0.1, 0.15) is 11.4 Å². The normalized spacial score (nSPS) is 11.3. The van der Waals surface area contributed by atoms with Crippen molar-refractivity contribution < 1.29 is 0 Å². The summed E-state index contributed by atoms with van der Waals surface area (Å²) in [6.07, 6.45) is 3.78. The molecule has 0 fully saturated rings. The number of nitrogens with zero attached hydrogens (tertiary/aromatic N) is 3. The Hall–Kier alpha value is -1.78. The van der Waals surface area contributed by atoms with E-state index < -0.39 is 0 Å². The van der Waals surface area contributed by atoms with Crippen LogP contribution in [-0.2, 0) is 20.1 Å². The van der Waals surface area contributed by atoms with Gasteiger partial charge in [-0.15, -0.1) is 0 Å². The van der Waals surface area contributed by atoms with Crippen LogP contribution >= 0.6 is 11.6 Å². The fourth-order valence-corrected chi connectivity index (χ4v) is 2.57. The number of benzene rings is 1. The predicted molar refractivity (Wildman–Crippen MR) is 82.0 cm³/mol. The summed E-state index contributed by atoms with van der Waals surface area (Å²) in [6, 6.07) is 8.67. The minimum atomic E-state index is 0.660. The number of fused-ring (bicyclic) bond motifs is 1. The molecule has 0 aliphatic heterocycles. The van der Waals surface area contributed by atoms with Gasteiger partial charge in [0.1, 0.15) is 11.0 Å². The standard InChI is InChI=1S/C15H17ClN4/c1-17-8-11-3-4-13-12(7-11)5-6-20(13)10-15-18-9-14(16)19(15)2/h3-7,9,17H,8,10H2,1-2H3. The summed E-state index contributed by atoms with van der Waals surface area (Å²) in [7, 11) is 3.89. The number of halogens is 1. The zero-order valence-electron chi connectivity index (χ0n) is 11.6. The van der Waals surface area contributed by atoms with Crippen molar-refractivity contribution in [2.45, 2.75) is 13.1 Å². The van der Waals surface area contributed by atoms with Crippen LogP contribution in [0.4, 0.5) is 0 Å². The minimum absolute atomic E-state index is 0.660. The maximum absolute atomic E-state index is 6.03. The monoisotopic (exact) mass is 288 g/mol. The molecule has 2 heterocycles. The third-order valence-electron chi connectivity index (χ3n) is 3.56. The number of hydrogen-bond acceptors (Lipinski definition) is 2. The third kappa shape index (κ3) is 2.32. The molecule has 20 heavy (non-hydrogen) atoms. The lowest BCUT2D eigenvalue weighted by Crippen LogP contribution is -2.06. The molecule has 4 nitrogen and oxygen atoms in total. The Morgan fingerprint density at radius 3 is 2.85 bits per heavy atom. The smallest absolute Gasteiger partial charge is 0.129 e. The number of rotatable bonds is 4. The van der Waals surface area contributed by atoms with Gasteiger partial charge in [-0.2, -0.15) is 0 Å². The molecule has 1 aromatic carbocycles. The van der Waals surface area contributed by atoms with Gasteiger partial charge in [-0.1, -0.05) is 17.7 Å². The van der Waals surface area contributed by atoms with E-state index in [9.17, 15) is 0 Å². The number of nitrogens with one attached hydrogen (secondary N) is 1. The lowest BCUT2D eigenvalue weighted by Gasteiger charge is -2.07. The van der Waals surface area contributed by atoms with Crippen molar-refractivity contribution in [3.05, 3.63) is 53.2 Å². The van der Waals surface area contributed by atoms with Gasteiger partial charge in [0.25, 0.3) is 0 Å². The quantitative estimate of drug-likeness (QED) is 0.801. The first-order valence-electron chi connectivity index (χ1n) is 6.57. The van der Waals surface area contributed by atoms with E-state index in [1.54, 1.807) is 6.20 Å². The van der Waals surface area contributed by atoms with E-state index in [-0.39, 0.29) is 0 Å². The van der Waals surface area contributed by atoms with E-state index in [0.29, 0.717) is 5.15 Å². The van der Waals surface area contributed by atoms with Crippen LogP contribution in [0.15, 0.2) is 36.7 Å².